The predicted molar refractivity (Wildman–Crippen MR) is 55.2 cm³/mol. The molecule has 0 unspecified atom stereocenters. The third-order valence-corrected chi connectivity index (χ3v) is 1.41. The molecule has 0 amide bonds. The highest BCUT2D eigenvalue weighted by atomic mass is 31.2. The third kappa shape index (κ3) is 19.3. The molecule has 17 heavy (non-hydrogen) atoms. The van der Waals surface area contributed by atoms with Crippen LogP contribution in [-0.2, 0) is 4.57 Å². The van der Waals surface area contributed by atoms with Crippen molar-refractivity contribution in [1.82, 2.24) is 0 Å². The first kappa shape index (κ1) is 19.4. The Balaban J connectivity index is -0.000000273. The Bertz CT molecular complexity index is 399. The van der Waals surface area contributed by atoms with Gasteiger partial charge in [0.1, 0.15) is 0 Å². The summed E-state index contributed by atoms with van der Waals surface area (Å²) in [5.74, 6) is 0. The van der Waals surface area contributed by atoms with E-state index < -0.39 is 7.59 Å². The monoisotopic (exact) mass is 257 g/mol. The van der Waals surface area contributed by atoms with Crippen molar-refractivity contribution in [3.8, 4) is 0 Å². The zero-order valence-corrected chi connectivity index (χ0v) is 8.46. The molecule has 0 aromatic carbocycles. The molecule has 0 N–H and O–H groups in total. The lowest BCUT2D eigenvalue weighted by Gasteiger charge is -1.89. The van der Waals surface area contributed by atoms with Gasteiger partial charge in [0.15, 0.2) is 0 Å². The van der Waals surface area contributed by atoms with Gasteiger partial charge in [-0.25, -0.2) is 0 Å². The van der Waals surface area contributed by atoms with Crippen molar-refractivity contribution in [2.75, 3.05) is 0 Å². The molecule has 17 heteroatoms. The summed E-state index contributed by atoms with van der Waals surface area (Å²) >= 11 is 0. The maximum atomic E-state index is 10.8. The first-order chi connectivity index (χ1) is 8.01. The van der Waals surface area contributed by atoms with Crippen LogP contribution in [0, 0.1) is 0 Å². The summed E-state index contributed by atoms with van der Waals surface area (Å²) in [6.45, 7) is 0. The summed E-state index contributed by atoms with van der Waals surface area (Å²) in [4.78, 5) is 16.8. The van der Waals surface area contributed by atoms with Crippen molar-refractivity contribution in [2.45, 2.75) is 0 Å². The highest BCUT2D eigenvalue weighted by molar-refractivity contribution is 7.59. The molecule has 0 aliphatic carbocycles. The van der Waals surface area contributed by atoms with Crippen LogP contribution in [0.2, 0.25) is 0 Å². The molecular weight excluding hydrogens is 257 g/mol. The fourth-order valence-electron chi connectivity index (χ4n) is 0.210. The summed E-state index contributed by atoms with van der Waals surface area (Å²) in [6.07, 6.45) is 0. The quantitative estimate of drug-likeness (QED) is 0.293. The van der Waals surface area contributed by atoms with E-state index in [1.807, 2.05) is 0 Å². The number of nitrogens with zero attached hydrogens (tertiary/aromatic N) is 15. The first-order valence-corrected chi connectivity index (χ1v) is 4.35. The third-order valence-electron chi connectivity index (χ3n) is 0.470. The van der Waals surface area contributed by atoms with Gasteiger partial charge in [0.25, 0.3) is 0 Å². The Morgan fingerprint density at radius 1 is 0.647 bits per heavy atom. The van der Waals surface area contributed by atoms with Gasteiger partial charge < -0.3 is 26.7 Å². The van der Waals surface area contributed by atoms with Crippen LogP contribution in [0.4, 0.5) is 0 Å². The van der Waals surface area contributed by atoms with Crippen molar-refractivity contribution in [1.29, 1.82) is 0 Å². The zero-order valence-electron chi connectivity index (χ0n) is 7.56. The van der Waals surface area contributed by atoms with Crippen LogP contribution in [0.3, 0.4) is 0 Å². The molecule has 0 saturated carbocycles. The van der Waals surface area contributed by atoms with E-state index in [0.717, 1.165) is 0 Å². The van der Waals surface area contributed by atoms with Crippen LogP contribution in [0.1, 0.15) is 0 Å². The molecule has 0 aliphatic heterocycles. The minimum atomic E-state index is -4.09. The minimum Gasteiger partial charge on any atom is -0.373 e. The Kier molecular flexibility index (Phi) is 17.4. The van der Waals surface area contributed by atoms with E-state index in [0.29, 0.717) is 0 Å². The summed E-state index contributed by atoms with van der Waals surface area (Å²) in [5, 5.41) is 0. The fourth-order valence-corrected chi connectivity index (χ4v) is 0.630. The Morgan fingerprint density at radius 2 is 0.824 bits per heavy atom. The molecule has 88 valence electrons. The molecule has 0 aliphatic rings. The number of hydrogen-bond acceptors (Lipinski definition) is 1. The highest BCUT2D eigenvalue weighted by Gasteiger charge is 2.14. The lowest BCUT2D eigenvalue weighted by atomic mass is 13.0. The van der Waals surface area contributed by atoms with Gasteiger partial charge in [-0.05, 0) is 31.2 Å². The first-order valence-electron chi connectivity index (χ1n) is 2.78. The standard InChI is InChI=1S/N9OP.2N3/c1-4-7-11(10,8-5-2)9-6-3;2*1-3-2/q;2*-1. The highest BCUT2D eigenvalue weighted by Crippen LogP contribution is 2.51. The Morgan fingerprint density at radius 3 is 0.941 bits per heavy atom. The molecule has 0 aromatic rings. The Hall–Kier alpha value is -3.22. The minimum absolute atomic E-state index is 1.50. The van der Waals surface area contributed by atoms with Crippen LogP contribution in [0.25, 0.3) is 63.3 Å². The average molecular weight is 257 g/mol. The van der Waals surface area contributed by atoms with Crippen LogP contribution in [-0.4, -0.2) is 0 Å². The van der Waals surface area contributed by atoms with Gasteiger partial charge in [-0.15, -0.1) is 0 Å². The molecule has 0 spiro atoms. The van der Waals surface area contributed by atoms with Gasteiger partial charge in [-0.1, -0.05) is 0 Å². The van der Waals surface area contributed by atoms with Crippen molar-refractivity contribution >= 4 is 7.59 Å². The second-order valence-electron chi connectivity index (χ2n) is 1.23. The van der Waals surface area contributed by atoms with Crippen molar-refractivity contribution in [3.63, 3.8) is 0 Å². The van der Waals surface area contributed by atoms with Crippen molar-refractivity contribution < 1.29 is 4.57 Å². The van der Waals surface area contributed by atoms with E-state index in [2.05, 4.69) is 29.4 Å². The van der Waals surface area contributed by atoms with Gasteiger partial charge in [-0.2, -0.15) is 0 Å². The molecule has 0 fully saturated rings. The van der Waals surface area contributed by atoms with Crippen molar-refractivity contribution in [2.24, 2.45) is 14.7 Å². The second kappa shape index (κ2) is 15.3. The van der Waals surface area contributed by atoms with Crippen LogP contribution in [0.5, 0.6) is 0 Å². The van der Waals surface area contributed by atoms with E-state index in [4.69, 9.17) is 38.7 Å². The molecular formula is N15OP-2. The maximum absolute atomic E-state index is 10.8. The molecule has 0 radical (unpaired) electrons. The molecule has 0 rings (SSSR count). The fraction of sp³-hybridized carbons (Fsp3) is 0. The zero-order chi connectivity index (χ0) is 14.2. The largest absolute Gasteiger partial charge is 0.373 e. The van der Waals surface area contributed by atoms with Crippen LogP contribution < -0.4 is 0 Å². The van der Waals surface area contributed by atoms with Gasteiger partial charge in [-0.3, -0.25) is 9.82 Å². The lowest BCUT2D eigenvalue weighted by Crippen LogP contribution is -1.57. The maximum Gasteiger partial charge on any atom is 0.341 e. The summed E-state index contributed by atoms with van der Waals surface area (Å²) in [7, 11) is -4.09. The van der Waals surface area contributed by atoms with E-state index in [-0.39, 0.29) is 0 Å². The van der Waals surface area contributed by atoms with Gasteiger partial charge in [0.2, 0.25) is 0 Å². The summed E-state index contributed by atoms with van der Waals surface area (Å²) in [5.41, 5.74) is 50.3. The smallest absolute Gasteiger partial charge is 0.341 e. The van der Waals surface area contributed by atoms with Gasteiger partial charge in [0, 0.05) is 14.7 Å². The van der Waals surface area contributed by atoms with Crippen LogP contribution in [0.15, 0.2) is 14.7 Å². The van der Waals surface area contributed by atoms with Gasteiger partial charge >= 0.3 is 7.59 Å². The summed E-state index contributed by atoms with van der Waals surface area (Å²) in [6, 6.07) is 0. The lowest BCUT2D eigenvalue weighted by molar-refractivity contribution is 0.577. The van der Waals surface area contributed by atoms with Crippen LogP contribution >= 0.6 is 7.59 Å². The second-order valence-corrected chi connectivity index (χ2v) is 2.79. The van der Waals surface area contributed by atoms with Gasteiger partial charge in [0.05, 0.1) is 0 Å². The SMILES string of the molecule is [N-]=[N+]=NP(=O)(N=[N+]=[N-])N=[N+]=[N-].[N-]=[N+]=[N-].[N-]=[N+]=[N-]. The number of hydrogen-bond donors (Lipinski definition) is 0. The molecule has 0 atom stereocenters. The number of rotatable bonds is 3. The molecule has 0 bridgehead atoms. The Labute approximate surface area is 91.1 Å². The molecule has 0 heterocycles. The normalized spacial score (nSPS) is 9.18. The molecule has 16 nitrogen and oxygen atoms in total. The topological polar surface area (TPSA) is 281 Å². The predicted octanol–water partition coefficient (Wildman–Crippen LogP) is 4.76. The van der Waals surface area contributed by atoms with E-state index in [9.17, 15) is 4.57 Å². The summed E-state index contributed by atoms with van der Waals surface area (Å²) < 4.78 is 10.8. The molecule has 0 aromatic heterocycles. The van der Waals surface area contributed by atoms with E-state index in [1.54, 1.807) is 0 Å². The average Bonchev–Trinajstić information content (AvgIpc) is 2.20. The molecule has 0 saturated heterocycles. The van der Waals surface area contributed by atoms with E-state index >= 15 is 0 Å². The van der Waals surface area contributed by atoms with Crippen molar-refractivity contribution in [3.05, 3.63) is 63.3 Å². The van der Waals surface area contributed by atoms with E-state index in [1.165, 1.54) is 9.82 Å². The number of azide groups is 1.